The number of ether oxygens (including phenoxy) is 1. The Kier molecular flexibility index (Phi) is 5.84. The van der Waals surface area contributed by atoms with Crippen LogP contribution in [0.15, 0.2) is 0 Å². The Morgan fingerprint density at radius 2 is 1.44 bits per heavy atom. The molecule has 1 nitrogen and oxygen atoms in total. The summed E-state index contributed by atoms with van der Waals surface area (Å²) in [5.74, 6) is 1.55. The van der Waals surface area contributed by atoms with Gasteiger partial charge in [-0.3, -0.25) is 0 Å². The van der Waals surface area contributed by atoms with Gasteiger partial charge in [0.1, 0.15) is 0 Å². The molecule has 9 heavy (non-hydrogen) atoms. The Labute approximate surface area is 68.0 Å². The van der Waals surface area contributed by atoms with Gasteiger partial charge in [-0.05, 0) is 13.8 Å². The van der Waals surface area contributed by atoms with Crippen LogP contribution in [0.1, 0.15) is 13.8 Å². The van der Waals surface area contributed by atoms with Gasteiger partial charge in [-0.2, -0.15) is 25.3 Å². The molecule has 3 heteroatoms. The largest absolute Gasteiger partial charge is 0.374 e. The van der Waals surface area contributed by atoms with Crippen LogP contribution in [-0.4, -0.2) is 23.7 Å². The molecule has 2 unspecified atom stereocenters. The fourth-order valence-electron chi connectivity index (χ4n) is 0.483. The summed E-state index contributed by atoms with van der Waals surface area (Å²) in [7, 11) is 0. The zero-order valence-electron chi connectivity index (χ0n) is 5.87. The van der Waals surface area contributed by atoms with E-state index < -0.39 is 0 Å². The van der Waals surface area contributed by atoms with Gasteiger partial charge in [-0.1, -0.05) is 0 Å². The lowest BCUT2D eigenvalue weighted by atomic mass is 10.4. The highest BCUT2D eigenvalue weighted by Crippen LogP contribution is 2.00. The van der Waals surface area contributed by atoms with Crippen LogP contribution in [0.4, 0.5) is 0 Å². The molecule has 0 rings (SSSR count). The molecule has 0 N–H and O–H groups in total. The van der Waals surface area contributed by atoms with Gasteiger partial charge in [0.05, 0.1) is 12.2 Å². The topological polar surface area (TPSA) is 9.23 Å². The van der Waals surface area contributed by atoms with Gasteiger partial charge in [0.25, 0.3) is 0 Å². The molecule has 56 valence electrons. The van der Waals surface area contributed by atoms with Crippen molar-refractivity contribution in [2.24, 2.45) is 0 Å². The summed E-state index contributed by atoms with van der Waals surface area (Å²) in [5, 5.41) is 0. The normalized spacial score (nSPS) is 17.3. The average Bonchev–Trinajstić information content (AvgIpc) is 1.87. The molecule has 0 amide bonds. The van der Waals surface area contributed by atoms with Crippen LogP contribution < -0.4 is 0 Å². The summed E-state index contributed by atoms with van der Waals surface area (Å²) in [6.45, 7) is 4.01. The second-order valence-electron chi connectivity index (χ2n) is 2.12. The molecule has 0 bridgehead atoms. The molecule has 0 saturated carbocycles. The summed E-state index contributed by atoms with van der Waals surface area (Å²) >= 11 is 8.16. The predicted molar refractivity (Wildman–Crippen MR) is 47.7 cm³/mol. The molecule has 0 aromatic rings. The predicted octanol–water partition coefficient (Wildman–Crippen LogP) is 1.64. The first-order valence-corrected chi connectivity index (χ1v) is 4.34. The minimum atomic E-state index is 0.246. The van der Waals surface area contributed by atoms with Crippen LogP contribution in [-0.2, 0) is 4.74 Å². The van der Waals surface area contributed by atoms with Gasteiger partial charge in [0, 0.05) is 11.5 Å². The highest BCUT2D eigenvalue weighted by Gasteiger charge is 2.03. The van der Waals surface area contributed by atoms with Crippen LogP contribution in [0.5, 0.6) is 0 Å². The second kappa shape index (κ2) is 5.45. The third-order valence-electron chi connectivity index (χ3n) is 0.979. The zero-order valence-corrected chi connectivity index (χ0v) is 7.66. The minimum Gasteiger partial charge on any atom is -0.374 e. The summed E-state index contributed by atoms with van der Waals surface area (Å²) < 4.78 is 5.40. The summed E-state index contributed by atoms with van der Waals surface area (Å²) in [6, 6.07) is 0. The van der Waals surface area contributed by atoms with E-state index in [9.17, 15) is 0 Å². The van der Waals surface area contributed by atoms with Crippen molar-refractivity contribution in [1.29, 1.82) is 0 Å². The Bertz CT molecular complexity index is 60.1. The Morgan fingerprint density at radius 1 is 1.11 bits per heavy atom. The van der Waals surface area contributed by atoms with Crippen molar-refractivity contribution in [1.82, 2.24) is 0 Å². The van der Waals surface area contributed by atoms with Gasteiger partial charge < -0.3 is 4.74 Å². The Hall–Kier alpha value is 0.660. The van der Waals surface area contributed by atoms with Crippen LogP contribution in [0.2, 0.25) is 0 Å². The van der Waals surface area contributed by atoms with Crippen molar-refractivity contribution in [3.63, 3.8) is 0 Å². The highest BCUT2D eigenvalue weighted by molar-refractivity contribution is 7.80. The Morgan fingerprint density at radius 3 is 1.67 bits per heavy atom. The second-order valence-corrected chi connectivity index (χ2v) is 2.85. The molecular formula is C6H14OS2. The standard InChI is InChI=1S/C6H14OS2/c1-5(3-8)7-6(2)4-9/h5-6,8-9H,3-4H2,1-2H3. The molecule has 0 aliphatic carbocycles. The third kappa shape index (κ3) is 5.12. The van der Waals surface area contributed by atoms with E-state index in [1.54, 1.807) is 0 Å². The minimum absolute atomic E-state index is 0.246. The van der Waals surface area contributed by atoms with E-state index in [0.29, 0.717) is 0 Å². The fourth-order valence-corrected chi connectivity index (χ4v) is 0.655. The van der Waals surface area contributed by atoms with Crippen molar-refractivity contribution in [2.45, 2.75) is 26.1 Å². The summed E-state index contributed by atoms with van der Waals surface area (Å²) in [5.41, 5.74) is 0. The monoisotopic (exact) mass is 166 g/mol. The van der Waals surface area contributed by atoms with E-state index in [-0.39, 0.29) is 12.2 Å². The first-order valence-electron chi connectivity index (χ1n) is 3.08. The average molecular weight is 166 g/mol. The lowest BCUT2D eigenvalue weighted by Gasteiger charge is -2.14. The summed E-state index contributed by atoms with van der Waals surface area (Å²) in [4.78, 5) is 0. The molecule has 0 fully saturated rings. The maximum atomic E-state index is 5.40. The SMILES string of the molecule is CC(CS)OC(C)CS. The van der Waals surface area contributed by atoms with E-state index >= 15 is 0 Å². The van der Waals surface area contributed by atoms with Crippen LogP contribution >= 0.6 is 25.3 Å². The Balaban J connectivity index is 3.22. The first kappa shape index (κ1) is 9.66. The van der Waals surface area contributed by atoms with Crippen LogP contribution in [0, 0.1) is 0 Å². The maximum absolute atomic E-state index is 5.40. The molecule has 0 aromatic carbocycles. The number of thiol groups is 2. The van der Waals surface area contributed by atoms with E-state index in [1.165, 1.54) is 0 Å². The molecule has 0 radical (unpaired) electrons. The molecule has 0 saturated heterocycles. The quantitative estimate of drug-likeness (QED) is 0.604. The van der Waals surface area contributed by atoms with Crippen LogP contribution in [0.3, 0.4) is 0 Å². The molecule has 0 aliphatic rings. The summed E-state index contributed by atoms with van der Waals surface area (Å²) in [6.07, 6.45) is 0.492. The lowest BCUT2D eigenvalue weighted by molar-refractivity contribution is 0.0358. The third-order valence-corrected chi connectivity index (χ3v) is 2.01. The highest BCUT2D eigenvalue weighted by atomic mass is 32.1. The fraction of sp³-hybridized carbons (Fsp3) is 1.00. The van der Waals surface area contributed by atoms with Gasteiger partial charge in [-0.15, -0.1) is 0 Å². The number of hydrogen-bond donors (Lipinski definition) is 2. The van der Waals surface area contributed by atoms with Crippen molar-refractivity contribution in [3.05, 3.63) is 0 Å². The molecule has 2 atom stereocenters. The molecule has 0 spiro atoms. The molecule has 0 aliphatic heterocycles. The van der Waals surface area contributed by atoms with Crippen molar-refractivity contribution >= 4 is 25.3 Å². The maximum Gasteiger partial charge on any atom is 0.0638 e. The molecule has 0 aromatic heterocycles. The first-order chi connectivity index (χ1) is 4.20. The molecule has 0 heterocycles. The van der Waals surface area contributed by atoms with E-state index in [2.05, 4.69) is 25.3 Å². The van der Waals surface area contributed by atoms with Gasteiger partial charge in [0.15, 0.2) is 0 Å². The zero-order chi connectivity index (χ0) is 7.28. The molecular weight excluding hydrogens is 152 g/mol. The van der Waals surface area contributed by atoms with Crippen molar-refractivity contribution in [2.75, 3.05) is 11.5 Å². The van der Waals surface area contributed by atoms with Crippen molar-refractivity contribution in [3.8, 4) is 0 Å². The van der Waals surface area contributed by atoms with Crippen LogP contribution in [0.25, 0.3) is 0 Å². The van der Waals surface area contributed by atoms with Gasteiger partial charge in [-0.25, -0.2) is 0 Å². The van der Waals surface area contributed by atoms with Gasteiger partial charge >= 0.3 is 0 Å². The smallest absolute Gasteiger partial charge is 0.0638 e. The number of hydrogen-bond acceptors (Lipinski definition) is 3. The van der Waals surface area contributed by atoms with E-state index in [1.807, 2.05) is 13.8 Å². The lowest BCUT2D eigenvalue weighted by Crippen LogP contribution is -2.19. The van der Waals surface area contributed by atoms with E-state index in [4.69, 9.17) is 4.74 Å². The number of rotatable bonds is 4. The van der Waals surface area contributed by atoms with Crippen molar-refractivity contribution < 1.29 is 4.74 Å². The van der Waals surface area contributed by atoms with Gasteiger partial charge in [0.2, 0.25) is 0 Å². The van der Waals surface area contributed by atoms with E-state index in [0.717, 1.165) is 11.5 Å².